The van der Waals surface area contributed by atoms with E-state index in [0.29, 0.717) is 49.9 Å². The number of carbonyl (C=O) groups excluding carboxylic acids is 1. The summed E-state index contributed by atoms with van der Waals surface area (Å²) in [5.41, 5.74) is 1.80. The molecule has 2 aromatic rings. The summed E-state index contributed by atoms with van der Waals surface area (Å²) in [6.07, 6.45) is 0.585. The van der Waals surface area contributed by atoms with Crippen LogP contribution in [0.3, 0.4) is 0 Å². The zero-order chi connectivity index (χ0) is 18.5. The smallest absolute Gasteiger partial charge is 0.255 e. The molecule has 0 aliphatic carbocycles. The molecule has 1 aromatic carbocycles. The minimum absolute atomic E-state index is 0.122. The fourth-order valence-electron chi connectivity index (χ4n) is 2.84. The number of hydrogen-bond donors (Lipinski definition) is 2. The third-order valence-corrected chi connectivity index (χ3v) is 4.90. The number of nitrogens with zero attached hydrogens (tertiary/aromatic N) is 2. The van der Waals surface area contributed by atoms with Crippen LogP contribution in [0.15, 0.2) is 29.1 Å². The lowest BCUT2D eigenvalue weighted by atomic mass is 10.1. The van der Waals surface area contributed by atoms with Crippen LogP contribution in [0.1, 0.15) is 17.7 Å². The van der Waals surface area contributed by atoms with Gasteiger partial charge in [-0.2, -0.15) is 0 Å². The van der Waals surface area contributed by atoms with Crippen molar-refractivity contribution in [2.45, 2.75) is 19.8 Å². The Kier molecular flexibility index (Phi) is 6.25. The van der Waals surface area contributed by atoms with Gasteiger partial charge in [0.25, 0.3) is 5.56 Å². The molecule has 0 spiro atoms. The number of aryl methyl sites for hydroxylation is 1. The third-order valence-electron chi connectivity index (χ3n) is 4.23. The zero-order valence-corrected chi connectivity index (χ0v) is 16.7. The summed E-state index contributed by atoms with van der Waals surface area (Å²) in [5.74, 6) is 0.450. The Bertz CT molecular complexity index is 847. The van der Waals surface area contributed by atoms with E-state index in [9.17, 15) is 9.59 Å². The summed E-state index contributed by atoms with van der Waals surface area (Å²) < 4.78 is 6.37. The van der Waals surface area contributed by atoms with Crippen LogP contribution in [-0.2, 0) is 16.0 Å². The summed E-state index contributed by atoms with van der Waals surface area (Å²) in [6.45, 7) is 4.48. The number of amides is 1. The van der Waals surface area contributed by atoms with Crippen molar-refractivity contribution in [2.75, 3.05) is 36.5 Å². The number of ether oxygens (including phenoxy) is 1. The molecular formula is C18H21IN4O3. The Balaban J connectivity index is 1.64. The number of H-pyrrole nitrogens is 1. The SMILES string of the molecule is Cc1nc(N2CCOCC2)[nH]c(=O)c1CCC(=O)Nc1cccc(I)c1. The van der Waals surface area contributed by atoms with Gasteiger partial charge in [-0.15, -0.1) is 0 Å². The first-order valence-corrected chi connectivity index (χ1v) is 9.59. The molecule has 0 radical (unpaired) electrons. The van der Waals surface area contributed by atoms with Crippen LogP contribution >= 0.6 is 22.6 Å². The number of hydrogen-bond acceptors (Lipinski definition) is 5. The van der Waals surface area contributed by atoms with E-state index in [0.717, 1.165) is 9.26 Å². The van der Waals surface area contributed by atoms with Crippen molar-refractivity contribution in [3.05, 3.63) is 49.4 Å². The van der Waals surface area contributed by atoms with E-state index < -0.39 is 0 Å². The van der Waals surface area contributed by atoms with Gasteiger partial charge < -0.3 is 15.0 Å². The van der Waals surface area contributed by atoms with Gasteiger partial charge in [0, 0.05) is 40.0 Å². The molecule has 1 saturated heterocycles. The molecule has 138 valence electrons. The van der Waals surface area contributed by atoms with Crippen molar-refractivity contribution in [3.8, 4) is 0 Å². The molecule has 7 nitrogen and oxygen atoms in total. The number of anilines is 2. The number of rotatable bonds is 5. The van der Waals surface area contributed by atoms with Gasteiger partial charge in [0.05, 0.1) is 13.2 Å². The lowest BCUT2D eigenvalue weighted by Gasteiger charge is -2.27. The molecule has 0 bridgehead atoms. The molecule has 1 aromatic heterocycles. The van der Waals surface area contributed by atoms with E-state index in [-0.39, 0.29) is 17.9 Å². The van der Waals surface area contributed by atoms with E-state index >= 15 is 0 Å². The monoisotopic (exact) mass is 468 g/mol. The molecule has 2 N–H and O–H groups in total. The van der Waals surface area contributed by atoms with Gasteiger partial charge in [-0.1, -0.05) is 6.07 Å². The second-order valence-corrected chi connectivity index (χ2v) is 7.36. The Hall–Kier alpha value is -1.94. The zero-order valence-electron chi connectivity index (χ0n) is 14.5. The number of morpholine rings is 1. The van der Waals surface area contributed by atoms with Crippen LogP contribution < -0.4 is 15.8 Å². The molecule has 0 saturated carbocycles. The lowest BCUT2D eigenvalue weighted by molar-refractivity contribution is -0.116. The van der Waals surface area contributed by atoms with Crippen molar-refractivity contribution in [1.82, 2.24) is 9.97 Å². The Morgan fingerprint density at radius 2 is 2.15 bits per heavy atom. The molecule has 0 unspecified atom stereocenters. The first-order valence-electron chi connectivity index (χ1n) is 8.51. The predicted molar refractivity (Wildman–Crippen MR) is 109 cm³/mol. The van der Waals surface area contributed by atoms with Crippen LogP contribution in [0.25, 0.3) is 0 Å². The summed E-state index contributed by atoms with van der Waals surface area (Å²) >= 11 is 2.20. The molecule has 3 rings (SSSR count). The van der Waals surface area contributed by atoms with Crippen molar-refractivity contribution in [3.63, 3.8) is 0 Å². The van der Waals surface area contributed by atoms with Gasteiger partial charge in [0.1, 0.15) is 0 Å². The van der Waals surface area contributed by atoms with Crippen molar-refractivity contribution < 1.29 is 9.53 Å². The minimum Gasteiger partial charge on any atom is -0.378 e. The maximum Gasteiger partial charge on any atom is 0.255 e. The first kappa shape index (κ1) is 18.8. The van der Waals surface area contributed by atoms with Crippen molar-refractivity contribution in [2.24, 2.45) is 0 Å². The highest BCUT2D eigenvalue weighted by Gasteiger charge is 2.16. The van der Waals surface area contributed by atoms with Crippen molar-refractivity contribution >= 4 is 40.1 Å². The second-order valence-electron chi connectivity index (χ2n) is 6.11. The molecule has 1 amide bonds. The third kappa shape index (κ3) is 4.82. The van der Waals surface area contributed by atoms with Crippen LogP contribution in [0.2, 0.25) is 0 Å². The van der Waals surface area contributed by atoms with E-state index in [2.05, 4.69) is 37.9 Å². The normalized spacial score (nSPS) is 14.3. The van der Waals surface area contributed by atoms with Crippen LogP contribution in [0, 0.1) is 10.5 Å². The highest BCUT2D eigenvalue weighted by molar-refractivity contribution is 14.1. The predicted octanol–water partition coefficient (Wildman–Crippen LogP) is 2.09. The number of carbonyl (C=O) groups is 1. The number of aromatic nitrogens is 2. The average Bonchev–Trinajstić information content (AvgIpc) is 2.61. The Morgan fingerprint density at radius 1 is 1.38 bits per heavy atom. The summed E-state index contributed by atoms with van der Waals surface area (Å²) in [6, 6.07) is 7.59. The summed E-state index contributed by atoms with van der Waals surface area (Å²) in [4.78, 5) is 34.0. The molecule has 2 heterocycles. The topological polar surface area (TPSA) is 87.3 Å². The average molecular weight is 468 g/mol. The molecule has 1 aliphatic heterocycles. The maximum atomic E-state index is 12.4. The minimum atomic E-state index is -0.180. The van der Waals surface area contributed by atoms with Gasteiger partial charge in [0.15, 0.2) is 0 Å². The van der Waals surface area contributed by atoms with Crippen LogP contribution in [0.5, 0.6) is 0 Å². The number of halogens is 1. The fourth-order valence-corrected chi connectivity index (χ4v) is 3.39. The van der Waals surface area contributed by atoms with E-state index in [1.54, 1.807) is 0 Å². The van der Waals surface area contributed by atoms with Gasteiger partial charge in [-0.3, -0.25) is 14.6 Å². The van der Waals surface area contributed by atoms with E-state index in [1.165, 1.54) is 0 Å². The Morgan fingerprint density at radius 3 is 2.85 bits per heavy atom. The standard InChI is InChI=1S/C18H21IN4O3/c1-12-15(5-6-16(24)21-14-4-2-3-13(19)11-14)17(25)22-18(20-12)23-7-9-26-10-8-23/h2-4,11H,5-10H2,1H3,(H,21,24)(H,20,22,25). The first-order chi connectivity index (χ1) is 12.5. The summed E-state index contributed by atoms with van der Waals surface area (Å²) in [5, 5.41) is 2.86. The highest BCUT2D eigenvalue weighted by Crippen LogP contribution is 2.14. The molecular weight excluding hydrogens is 447 g/mol. The highest BCUT2D eigenvalue weighted by atomic mass is 127. The lowest BCUT2D eigenvalue weighted by Crippen LogP contribution is -2.38. The van der Waals surface area contributed by atoms with Gasteiger partial charge >= 0.3 is 0 Å². The van der Waals surface area contributed by atoms with Crippen LogP contribution in [0.4, 0.5) is 11.6 Å². The second kappa shape index (κ2) is 8.63. The van der Waals surface area contributed by atoms with Crippen molar-refractivity contribution in [1.29, 1.82) is 0 Å². The molecule has 8 heteroatoms. The van der Waals surface area contributed by atoms with Gasteiger partial charge in [0.2, 0.25) is 11.9 Å². The fraction of sp³-hybridized carbons (Fsp3) is 0.389. The van der Waals surface area contributed by atoms with E-state index in [4.69, 9.17) is 4.74 Å². The molecule has 0 atom stereocenters. The van der Waals surface area contributed by atoms with Gasteiger partial charge in [-0.25, -0.2) is 4.98 Å². The quantitative estimate of drug-likeness (QED) is 0.657. The van der Waals surface area contributed by atoms with Gasteiger partial charge in [-0.05, 0) is 54.1 Å². The largest absolute Gasteiger partial charge is 0.378 e. The Labute approximate surface area is 165 Å². The number of nitrogens with one attached hydrogen (secondary N) is 2. The molecule has 1 fully saturated rings. The van der Waals surface area contributed by atoms with Crippen LogP contribution in [-0.4, -0.2) is 42.2 Å². The number of aromatic amines is 1. The summed E-state index contributed by atoms with van der Waals surface area (Å²) in [7, 11) is 0. The molecule has 1 aliphatic rings. The van der Waals surface area contributed by atoms with E-state index in [1.807, 2.05) is 36.1 Å². The molecule has 26 heavy (non-hydrogen) atoms. The maximum absolute atomic E-state index is 12.4. The number of benzene rings is 1.